The molecule has 0 saturated carbocycles. The fourth-order valence-electron chi connectivity index (χ4n) is 2.01. The van der Waals surface area contributed by atoms with Crippen LogP contribution in [0.1, 0.15) is 28.4 Å². The van der Waals surface area contributed by atoms with Crippen molar-refractivity contribution in [1.29, 1.82) is 0 Å². The van der Waals surface area contributed by atoms with E-state index in [0.717, 1.165) is 11.1 Å². The Labute approximate surface area is 124 Å². The second-order valence-electron chi connectivity index (χ2n) is 4.63. The fraction of sp³-hybridized carbons (Fsp3) is 0.235. The summed E-state index contributed by atoms with van der Waals surface area (Å²) in [7, 11) is 0. The van der Waals surface area contributed by atoms with E-state index in [-0.39, 0.29) is 5.91 Å². The fourth-order valence-corrected chi connectivity index (χ4v) is 2.01. The summed E-state index contributed by atoms with van der Waals surface area (Å²) in [5.41, 5.74) is 8.23. The first-order valence-electron chi connectivity index (χ1n) is 7.02. The first-order valence-corrected chi connectivity index (χ1v) is 7.02. The molecule has 2 rings (SSSR count). The van der Waals surface area contributed by atoms with Crippen LogP contribution < -0.4 is 15.8 Å². The van der Waals surface area contributed by atoms with E-state index in [4.69, 9.17) is 10.5 Å². The third kappa shape index (κ3) is 4.07. The van der Waals surface area contributed by atoms with Gasteiger partial charge in [-0.05, 0) is 30.2 Å². The second-order valence-corrected chi connectivity index (χ2v) is 4.63. The maximum absolute atomic E-state index is 12.2. The lowest BCUT2D eigenvalue weighted by molar-refractivity contribution is 0.0947. The number of amides is 1. The van der Waals surface area contributed by atoms with Gasteiger partial charge in [-0.2, -0.15) is 0 Å². The van der Waals surface area contributed by atoms with E-state index in [1.54, 1.807) is 12.1 Å². The van der Waals surface area contributed by atoms with Gasteiger partial charge >= 0.3 is 0 Å². The Bertz CT molecular complexity index is 594. The van der Waals surface area contributed by atoms with Crippen LogP contribution in [-0.4, -0.2) is 12.5 Å². The molecule has 0 aromatic heterocycles. The average molecular weight is 284 g/mol. The summed E-state index contributed by atoms with van der Waals surface area (Å²) in [4.78, 5) is 12.2. The molecular weight excluding hydrogens is 264 g/mol. The maximum atomic E-state index is 12.2. The summed E-state index contributed by atoms with van der Waals surface area (Å²) in [5, 5.41) is 2.90. The lowest BCUT2D eigenvalue weighted by atomic mass is 10.1. The number of carbonyl (C=O) groups excluding carboxylic acids is 1. The zero-order valence-electron chi connectivity index (χ0n) is 12.1. The van der Waals surface area contributed by atoms with Crippen LogP contribution in [0.25, 0.3) is 0 Å². The van der Waals surface area contributed by atoms with Crippen LogP contribution in [0.3, 0.4) is 0 Å². The molecule has 0 spiro atoms. The van der Waals surface area contributed by atoms with E-state index in [0.29, 0.717) is 31.0 Å². The third-order valence-electron chi connectivity index (χ3n) is 3.14. The quantitative estimate of drug-likeness (QED) is 0.856. The molecule has 0 aliphatic rings. The number of ether oxygens (including phenoxy) is 1. The van der Waals surface area contributed by atoms with Gasteiger partial charge in [0.25, 0.3) is 5.91 Å². The van der Waals surface area contributed by atoms with Crippen molar-refractivity contribution in [3.63, 3.8) is 0 Å². The number of nitrogens with two attached hydrogens (primary N) is 1. The number of hydrogen-bond acceptors (Lipinski definition) is 3. The molecule has 0 bridgehead atoms. The van der Waals surface area contributed by atoms with Crippen molar-refractivity contribution in [3.05, 3.63) is 65.2 Å². The molecule has 0 fully saturated rings. The summed E-state index contributed by atoms with van der Waals surface area (Å²) in [6, 6.07) is 15.1. The number of nitrogens with one attached hydrogen (secondary N) is 1. The van der Waals surface area contributed by atoms with Gasteiger partial charge in [-0.3, -0.25) is 4.79 Å². The van der Waals surface area contributed by atoms with Crippen LogP contribution in [0.4, 0.5) is 0 Å². The number of hydrogen-bond donors (Lipinski definition) is 2. The molecule has 0 unspecified atom stereocenters. The van der Waals surface area contributed by atoms with Gasteiger partial charge < -0.3 is 15.8 Å². The highest BCUT2D eigenvalue weighted by atomic mass is 16.5. The molecule has 0 heterocycles. The molecule has 1 amide bonds. The van der Waals surface area contributed by atoms with E-state index in [2.05, 4.69) is 5.32 Å². The average Bonchev–Trinajstić information content (AvgIpc) is 2.54. The summed E-state index contributed by atoms with van der Waals surface area (Å²) < 4.78 is 5.47. The molecule has 2 aromatic carbocycles. The molecular formula is C17H20N2O2. The van der Waals surface area contributed by atoms with Gasteiger partial charge in [0.1, 0.15) is 5.75 Å². The van der Waals surface area contributed by atoms with Crippen LogP contribution in [0.15, 0.2) is 48.5 Å². The minimum atomic E-state index is -0.137. The van der Waals surface area contributed by atoms with Crippen molar-refractivity contribution < 1.29 is 9.53 Å². The Morgan fingerprint density at radius 3 is 2.43 bits per heavy atom. The van der Waals surface area contributed by atoms with E-state index in [1.807, 2.05) is 43.3 Å². The van der Waals surface area contributed by atoms with Crippen LogP contribution in [-0.2, 0) is 13.1 Å². The molecule has 4 heteroatoms. The number of rotatable bonds is 6. The van der Waals surface area contributed by atoms with Crippen molar-refractivity contribution in [1.82, 2.24) is 5.32 Å². The summed E-state index contributed by atoms with van der Waals surface area (Å²) >= 11 is 0. The zero-order valence-corrected chi connectivity index (χ0v) is 12.1. The van der Waals surface area contributed by atoms with Gasteiger partial charge in [0.15, 0.2) is 0 Å². The molecule has 0 aliphatic heterocycles. The van der Waals surface area contributed by atoms with Gasteiger partial charge in [-0.15, -0.1) is 0 Å². The standard InChI is InChI=1S/C17H20N2O2/c1-2-21-16-6-4-3-5-15(16)17(20)19-12-14-9-7-13(11-18)8-10-14/h3-10H,2,11-12,18H2,1H3,(H,19,20). The Morgan fingerprint density at radius 2 is 1.76 bits per heavy atom. The molecule has 2 aromatic rings. The van der Waals surface area contributed by atoms with E-state index >= 15 is 0 Å². The lowest BCUT2D eigenvalue weighted by Crippen LogP contribution is -2.23. The first-order chi connectivity index (χ1) is 10.2. The van der Waals surface area contributed by atoms with Crippen molar-refractivity contribution in [2.24, 2.45) is 5.73 Å². The van der Waals surface area contributed by atoms with Crippen LogP contribution in [0, 0.1) is 0 Å². The molecule has 0 aliphatic carbocycles. The molecule has 0 saturated heterocycles. The number of benzene rings is 2. The predicted octanol–water partition coefficient (Wildman–Crippen LogP) is 2.47. The molecule has 110 valence electrons. The summed E-state index contributed by atoms with van der Waals surface area (Å²) in [5.74, 6) is 0.470. The number of carbonyl (C=O) groups is 1. The minimum Gasteiger partial charge on any atom is -0.493 e. The summed E-state index contributed by atoms with van der Waals surface area (Å²) in [6.45, 7) is 3.43. The van der Waals surface area contributed by atoms with Gasteiger partial charge in [-0.1, -0.05) is 36.4 Å². The molecule has 3 N–H and O–H groups in total. The van der Waals surface area contributed by atoms with E-state index in [9.17, 15) is 4.79 Å². The van der Waals surface area contributed by atoms with Gasteiger partial charge in [0.05, 0.1) is 12.2 Å². The Morgan fingerprint density at radius 1 is 1.10 bits per heavy atom. The number of para-hydroxylation sites is 1. The zero-order chi connectivity index (χ0) is 15.1. The molecule has 4 nitrogen and oxygen atoms in total. The largest absolute Gasteiger partial charge is 0.493 e. The lowest BCUT2D eigenvalue weighted by Gasteiger charge is -2.10. The first kappa shape index (κ1) is 15.1. The Kier molecular flexibility index (Phi) is 5.35. The monoisotopic (exact) mass is 284 g/mol. The van der Waals surface area contributed by atoms with Gasteiger partial charge in [-0.25, -0.2) is 0 Å². The Balaban J connectivity index is 2.01. The topological polar surface area (TPSA) is 64.3 Å². The minimum absolute atomic E-state index is 0.137. The van der Waals surface area contributed by atoms with Crippen molar-refractivity contribution in [2.75, 3.05) is 6.61 Å². The maximum Gasteiger partial charge on any atom is 0.255 e. The predicted molar refractivity (Wildman–Crippen MR) is 83.1 cm³/mol. The third-order valence-corrected chi connectivity index (χ3v) is 3.14. The SMILES string of the molecule is CCOc1ccccc1C(=O)NCc1ccc(CN)cc1. The molecule has 0 radical (unpaired) electrons. The van der Waals surface area contributed by atoms with Crippen molar-refractivity contribution in [3.8, 4) is 5.75 Å². The highest BCUT2D eigenvalue weighted by Gasteiger charge is 2.11. The van der Waals surface area contributed by atoms with Gasteiger partial charge in [0, 0.05) is 13.1 Å². The molecule has 21 heavy (non-hydrogen) atoms. The second kappa shape index (κ2) is 7.45. The molecule has 0 atom stereocenters. The highest BCUT2D eigenvalue weighted by molar-refractivity contribution is 5.96. The highest BCUT2D eigenvalue weighted by Crippen LogP contribution is 2.17. The van der Waals surface area contributed by atoms with E-state index in [1.165, 1.54) is 0 Å². The van der Waals surface area contributed by atoms with Crippen molar-refractivity contribution >= 4 is 5.91 Å². The van der Waals surface area contributed by atoms with Crippen LogP contribution in [0.2, 0.25) is 0 Å². The van der Waals surface area contributed by atoms with Crippen LogP contribution >= 0.6 is 0 Å². The van der Waals surface area contributed by atoms with Crippen molar-refractivity contribution in [2.45, 2.75) is 20.0 Å². The smallest absolute Gasteiger partial charge is 0.255 e. The normalized spacial score (nSPS) is 10.2. The van der Waals surface area contributed by atoms with Gasteiger partial charge in [0.2, 0.25) is 0 Å². The van der Waals surface area contributed by atoms with Crippen LogP contribution in [0.5, 0.6) is 5.75 Å². The summed E-state index contributed by atoms with van der Waals surface area (Å²) in [6.07, 6.45) is 0. The van der Waals surface area contributed by atoms with E-state index < -0.39 is 0 Å². The Hall–Kier alpha value is -2.33.